The highest BCUT2D eigenvalue weighted by Crippen LogP contribution is 2.18. The lowest BCUT2D eigenvalue weighted by Gasteiger charge is -1.98. The second-order valence-electron chi connectivity index (χ2n) is 3.45. The number of nitrogens with zero attached hydrogens (tertiary/aromatic N) is 1. The third kappa shape index (κ3) is 2.67. The maximum absolute atomic E-state index is 4.35. The molecule has 0 aliphatic rings. The number of hydrogen-bond acceptors (Lipinski definition) is 3. The van der Waals surface area contributed by atoms with Crippen LogP contribution in [-0.4, -0.2) is 16.5 Å². The van der Waals surface area contributed by atoms with E-state index in [1.807, 2.05) is 6.20 Å². The Balaban J connectivity index is 1.98. The highest BCUT2D eigenvalue weighted by Gasteiger charge is 2.02. The minimum Gasteiger partial charge on any atom is -0.341 e. The summed E-state index contributed by atoms with van der Waals surface area (Å²) in [6, 6.07) is 2.08. The monoisotopic (exact) mass is 221 g/mol. The fourth-order valence-corrected chi connectivity index (χ4v) is 2.04. The molecule has 2 heterocycles. The second kappa shape index (κ2) is 5.09. The van der Waals surface area contributed by atoms with Crippen LogP contribution in [0.3, 0.4) is 0 Å². The summed E-state index contributed by atoms with van der Waals surface area (Å²) in [5.74, 6) is 0.963. The van der Waals surface area contributed by atoms with E-state index in [-0.39, 0.29) is 0 Å². The molecule has 0 atom stereocenters. The van der Waals surface area contributed by atoms with Crippen LogP contribution in [-0.2, 0) is 6.54 Å². The van der Waals surface area contributed by atoms with E-state index >= 15 is 0 Å². The van der Waals surface area contributed by atoms with Gasteiger partial charge in [0.1, 0.15) is 5.82 Å². The van der Waals surface area contributed by atoms with Gasteiger partial charge >= 0.3 is 0 Å². The van der Waals surface area contributed by atoms with Gasteiger partial charge in [0, 0.05) is 29.4 Å². The molecular weight excluding hydrogens is 206 g/mol. The summed E-state index contributed by atoms with van der Waals surface area (Å²) >= 11 is 1.69. The predicted molar refractivity (Wildman–Crippen MR) is 63.9 cm³/mol. The van der Waals surface area contributed by atoms with Gasteiger partial charge in [0.25, 0.3) is 0 Å². The van der Waals surface area contributed by atoms with Gasteiger partial charge in [0.05, 0.1) is 0 Å². The van der Waals surface area contributed by atoms with Crippen LogP contribution in [0, 0.1) is 0 Å². The summed E-state index contributed by atoms with van der Waals surface area (Å²) < 4.78 is 0. The molecule has 2 aromatic rings. The number of rotatable bonds is 5. The van der Waals surface area contributed by atoms with E-state index in [0.29, 0.717) is 0 Å². The zero-order valence-corrected chi connectivity index (χ0v) is 9.60. The number of H-pyrrole nitrogens is 1. The molecule has 0 amide bonds. The summed E-state index contributed by atoms with van der Waals surface area (Å²) in [4.78, 5) is 7.66. The Morgan fingerprint density at radius 1 is 1.53 bits per heavy atom. The molecule has 2 rings (SSSR count). The van der Waals surface area contributed by atoms with Crippen LogP contribution >= 0.6 is 11.3 Å². The molecule has 0 saturated carbocycles. The van der Waals surface area contributed by atoms with E-state index in [4.69, 9.17) is 0 Å². The van der Waals surface area contributed by atoms with Crippen molar-refractivity contribution in [2.24, 2.45) is 0 Å². The molecule has 15 heavy (non-hydrogen) atoms. The van der Waals surface area contributed by atoms with Crippen LogP contribution < -0.4 is 5.32 Å². The predicted octanol–water partition coefficient (Wildman–Crippen LogP) is 2.64. The lowest BCUT2D eigenvalue weighted by atomic mass is 10.3. The quantitative estimate of drug-likeness (QED) is 0.762. The SMILES string of the molecule is CCCNCc1cnc(-c2ccsc2)[nH]1. The number of thiophene rings is 1. The lowest BCUT2D eigenvalue weighted by molar-refractivity contribution is 0.667. The number of hydrogen-bond donors (Lipinski definition) is 2. The van der Waals surface area contributed by atoms with E-state index in [2.05, 4.69) is 39.0 Å². The molecule has 80 valence electrons. The number of aromatic amines is 1. The topological polar surface area (TPSA) is 40.7 Å². The largest absolute Gasteiger partial charge is 0.341 e. The Labute approximate surface area is 93.6 Å². The van der Waals surface area contributed by atoms with Crippen LogP contribution in [0.25, 0.3) is 11.4 Å². The summed E-state index contributed by atoms with van der Waals surface area (Å²) in [6.07, 6.45) is 3.06. The van der Waals surface area contributed by atoms with E-state index in [1.54, 1.807) is 11.3 Å². The third-order valence-electron chi connectivity index (χ3n) is 2.17. The first-order chi connectivity index (χ1) is 7.40. The Bertz CT molecular complexity index is 392. The second-order valence-corrected chi connectivity index (χ2v) is 4.23. The molecule has 0 radical (unpaired) electrons. The maximum atomic E-state index is 4.35. The molecule has 0 bridgehead atoms. The van der Waals surface area contributed by atoms with E-state index in [0.717, 1.165) is 31.0 Å². The fraction of sp³-hybridized carbons (Fsp3) is 0.364. The van der Waals surface area contributed by atoms with Crippen molar-refractivity contribution in [3.63, 3.8) is 0 Å². The highest BCUT2D eigenvalue weighted by atomic mass is 32.1. The fourth-order valence-electron chi connectivity index (χ4n) is 1.39. The van der Waals surface area contributed by atoms with Gasteiger partial charge < -0.3 is 10.3 Å². The smallest absolute Gasteiger partial charge is 0.138 e. The van der Waals surface area contributed by atoms with Gasteiger partial charge in [-0.1, -0.05) is 6.92 Å². The van der Waals surface area contributed by atoms with Crippen molar-refractivity contribution in [3.8, 4) is 11.4 Å². The van der Waals surface area contributed by atoms with E-state index in [1.165, 1.54) is 5.56 Å². The normalized spacial score (nSPS) is 10.7. The number of nitrogens with one attached hydrogen (secondary N) is 2. The zero-order valence-electron chi connectivity index (χ0n) is 8.79. The van der Waals surface area contributed by atoms with Gasteiger partial charge in [0.15, 0.2) is 0 Å². The summed E-state index contributed by atoms with van der Waals surface area (Å²) in [5, 5.41) is 7.50. The first-order valence-electron chi connectivity index (χ1n) is 5.17. The minimum absolute atomic E-state index is 0.866. The van der Waals surface area contributed by atoms with Crippen molar-refractivity contribution in [2.45, 2.75) is 19.9 Å². The maximum Gasteiger partial charge on any atom is 0.138 e. The average Bonchev–Trinajstić information content (AvgIpc) is 2.87. The lowest BCUT2D eigenvalue weighted by Crippen LogP contribution is -2.13. The molecule has 0 aliphatic carbocycles. The minimum atomic E-state index is 0.866. The number of aromatic nitrogens is 2. The average molecular weight is 221 g/mol. The Hall–Kier alpha value is -1.13. The van der Waals surface area contributed by atoms with E-state index < -0.39 is 0 Å². The van der Waals surface area contributed by atoms with Gasteiger partial charge in [-0.3, -0.25) is 0 Å². The van der Waals surface area contributed by atoms with Gasteiger partial charge in [-0.25, -0.2) is 4.98 Å². The van der Waals surface area contributed by atoms with Gasteiger partial charge in [-0.15, -0.1) is 0 Å². The van der Waals surface area contributed by atoms with Crippen LogP contribution in [0.4, 0.5) is 0 Å². The summed E-state index contributed by atoms with van der Waals surface area (Å²) in [7, 11) is 0. The molecule has 0 aromatic carbocycles. The molecule has 0 fully saturated rings. The van der Waals surface area contributed by atoms with E-state index in [9.17, 15) is 0 Å². The molecule has 0 spiro atoms. The molecular formula is C11H15N3S. The zero-order chi connectivity index (χ0) is 10.5. The molecule has 0 saturated heterocycles. The third-order valence-corrected chi connectivity index (χ3v) is 2.85. The van der Waals surface area contributed by atoms with Gasteiger partial charge in [0.2, 0.25) is 0 Å². The number of imidazole rings is 1. The Morgan fingerprint density at radius 3 is 3.20 bits per heavy atom. The van der Waals surface area contributed by atoms with Gasteiger partial charge in [-0.2, -0.15) is 11.3 Å². The van der Waals surface area contributed by atoms with Crippen LogP contribution in [0.5, 0.6) is 0 Å². The molecule has 2 aromatic heterocycles. The van der Waals surface area contributed by atoms with Gasteiger partial charge in [-0.05, 0) is 24.4 Å². The Morgan fingerprint density at radius 2 is 2.47 bits per heavy atom. The van der Waals surface area contributed by atoms with Crippen LogP contribution in [0.1, 0.15) is 19.0 Å². The molecule has 0 unspecified atom stereocenters. The summed E-state index contributed by atoms with van der Waals surface area (Å²) in [6.45, 7) is 4.08. The van der Waals surface area contributed by atoms with Crippen molar-refractivity contribution in [1.82, 2.24) is 15.3 Å². The highest BCUT2D eigenvalue weighted by molar-refractivity contribution is 7.08. The summed E-state index contributed by atoms with van der Waals surface area (Å²) in [5.41, 5.74) is 2.31. The first kappa shape index (κ1) is 10.4. The molecule has 0 aliphatic heterocycles. The molecule has 2 N–H and O–H groups in total. The van der Waals surface area contributed by atoms with Crippen LogP contribution in [0.15, 0.2) is 23.0 Å². The van der Waals surface area contributed by atoms with Crippen molar-refractivity contribution in [3.05, 3.63) is 28.7 Å². The van der Waals surface area contributed by atoms with Crippen molar-refractivity contribution < 1.29 is 0 Å². The first-order valence-corrected chi connectivity index (χ1v) is 6.11. The van der Waals surface area contributed by atoms with Crippen molar-refractivity contribution in [2.75, 3.05) is 6.54 Å². The molecule has 3 nitrogen and oxygen atoms in total. The Kier molecular flexibility index (Phi) is 3.53. The van der Waals surface area contributed by atoms with Crippen molar-refractivity contribution >= 4 is 11.3 Å². The molecule has 4 heteroatoms. The standard InChI is InChI=1S/C11H15N3S/c1-2-4-12-6-10-7-13-11(14-10)9-3-5-15-8-9/h3,5,7-8,12H,2,4,6H2,1H3,(H,13,14). The van der Waals surface area contributed by atoms with Crippen molar-refractivity contribution in [1.29, 1.82) is 0 Å². The van der Waals surface area contributed by atoms with Crippen LogP contribution in [0.2, 0.25) is 0 Å².